The molecule has 0 radical (unpaired) electrons. The van der Waals surface area contributed by atoms with E-state index in [4.69, 9.17) is 0 Å². The average molecular weight is 250 g/mol. The molecule has 0 saturated heterocycles. The zero-order valence-corrected chi connectivity index (χ0v) is 12.4. The maximum atomic E-state index is 4.61. The van der Waals surface area contributed by atoms with Crippen LogP contribution < -0.4 is 5.32 Å². The van der Waals surface area contributed by atoms with Gasteiger partial charge in [0.15, 0.2) is 0 Å². The Labute approximate surface area is 111 Å². The summed E-state index contributed by atoms with van der Waals surface area (Å²) in [6, 6.07) is 0. The maximum absolute atomic E-state index is 4.61. The van der Waals surface area contributed by atoms with Gasteiger partial charge in [-0.3, -0.25) is 0 Å². The van der Waals surface area contributed by atoms with Crippen molar-refractivity contribution in [1.82, 2.24) is 14.9 Å². The van der Waals surface area contributed by atoms with E-state index in [0.29, 0.717) is 0 Å². The average Bonchev–Trinajstić information content (AvgIpc) is 2.36. The molecule has 1 aromatic heterocycles. The summed E-state index contributed by atoms with van der Waals surface area (Å²) in [5.41, 5.74) is 2.24. The second kappa shape index (κ2) is 7.31. The topological polar surface area (TPSA) is 41.1 Å². The zero-order valence-electron chi connectivity index (χ0n) is 12.4. The summed E-state index contributed by atoms with van der Waals surface area (Å²) in [6.45, 7) is 14.7. The molecular weight excluding hydrogens is 224 g/mol. The first-order valence-electron chi connectivity index (χ1n) is 6.92. The van der Waals surface area contributed by atoms with Gasteiger partial charge in [-0.25, -0.2) is 9.97 Å². The minimum absolute atomic E-state index is 0.896. The summed E-state index contributed by atoms with van der Waals surface area (Å²) in [4.78, 5) is 11.6. The fourth-order valence-electron chi connectivity index (χ4n) is 1.94. The predicted octanol–water partition coefficient (Wildman–Crippen LogP) is 2.41. The van der Waals surface area contributed by atoms with E-state index in [-0.39, 0.29) is 0 Å². The molecule has 4 nitrogen and oxygen atoms in total. The first-order valence-corrected chi connectivity index (χ1v) is 6.92. The van der Waals surface area contributed by atoms with Crippen LogP contribution in [-0.2, 0) is 6.42 Å². The summed E-state index contributed by atoms with van der Waals surface area (Å²) >= 11 is 0. The van der Waals surface area contributed by atoms with Gasteiger partial charge < -0.3 is 10.2 Å². The van der Waals surface area contributed by atoms with Crippen molar-refractivity contribution in [2.75, 3.05) is 31.5 Å². The maximum Gasteiger partial charge on any atom is 0.132 e. The van der Waals surface area contributed by atoms with Crippen molar-refractivity contribution in [3.05, 3.63) is 17.1 Å². The fraction of sp³-hybridized carbons (Fsp3) is 0.714. The highest BCUT2D eigenvalue weighted by atomic mass is 15.1. The molecule has 0 saturated carbocycles. The smallest absolute Gasteiger partial charge is 0.132 e. The predicted molar refractivity (Wildman–Crippen MR) is 77.2 cm³/mol. The molecule has 1 rings (SSSR count). The SMILES string of the molecule is CCNc1nc(CCN(CC)CC)nc(C)c1C. The third-order valence-corrected chi connectivity index (χ3v) is 3.33. The van der Waals surface area contributed by atoms with Crippen molar-refractivity contribution >= 4 is 5.82 Å². The van der Waals surface area contributed by atoms with Crippen molar-refractivity contribution in [3.63, 3.8) is 0 Å². The highest BCUT2D eigenvalue weighted by Crippen LogP contribution is 2.14. The quantitative estimate of drug-likeness (QED) is 0.807. The van der Waals surface area contributed by atoms with Gasteiger partial charge in [-0.15, -0.1) is 0 Å². The van der Waals surface area contributed by atoms with E-state index < -0.39 is 0 Å². The van der Waals surface area contributed by atoms with Crippen molar-refractivity contribution < 1.29 is 0 Å². The summed E-state index contributed by atoms with van der Waals surface area (Å²) < 4.78 is 0. The second-order valence-corrected chi connectivity index (χ2v) is 4.51. The molecule has 1 aromatic rings. The number of aryl methyl sites for hydroxylation is 1. The Hall–Kier alpha value is -1.16. The monoisotopic (exact) mass is 250 g/mol. The van der Waals surface area contributed by atoms with Crippen molar-refractivity contribution in [2.24, 2.45) is 0 Å². The molecule has 0 aromatic carbocycles. The van der Waals surface area contributed by atoms with E-state index >= 15 is 0 Å². The molecule has 18 heavy (non-hydrogen) atoms. The molecule has 0 aliphatic rings. The van der Waals surface area contributed by atoms with Crippen LogP contribution >= 0.6 is 0 Å². The number of likely N-dealkylation sites (N-methyl/N-ethyl adjacent to an activating group) is 1. The van der Waals surface area contributed by atoms with Gasteiger partial charge in [-0.2, -0.15) is 0 Å². The van der Waals surface area contributed by atoms with Gasteiger partial charge in [-0.05, 0) is 33.9 Å². The van der Waals surface area contributed by atoms with Crippen molar-refractivity contribution in [3.8, 4) is 0 Å². The van der Waals surface area contributed by atoms with Crippen LogP contribution in [-0.4, -0.2) is 41.0 Å². The van der Waals surface area contributed by atoms with Gasteiger partial charge in [-0.1, -0.05) is 13.8 Å². The van der Waals surface area contributed by atoms with E-state index in [2.05, 4.69) is 54.8 Å². The molecule has 4 heteroatoms. The van der Waals surface area contributed by atoms with Gasteiger partial charge in [0.05, 0.1) is 0 Å². The molecular formula is C14H26N4. The Morgan fingerprint density at radius 1 is 1.06 bits per heavy atom. The number of anilines is 1. The molecule has 0 amide bonds. The van der Waals surface area contributed by atoms with Gasteiger partial charge in [0.25, 0.3) is 0 Å². The van der Waals surface area contributed by atoms with Crippen LogP contribution in [0.25, 0.3) is 0 Å². The summed E-state index contributed by atoms with van der Waals surface area (Å²) in [5.74, 6) is 1.93. The van der Waals surface area contributed by atoms with Crippen LogP contribution in [0.5, 0.6) is 0 Å². The molecule has 0 unspecified atom stereocenters. The Bertz CT molecular complexity index is 372. The van der Waals surface area contributed by atoms with Crippen LogP contribution in [0.3, 0.4) is 0 Å². The van der Waals surface area contributed by atoms with E-state index in [1.807, 2.05) is 0 Å². The molecule has 1 heterocycles. The van der Waals surface area contributed by atoms with Gasteiger partial charge in [0.2, 0.25) is 0 Å². The number of rotatable bonds is 7. The normalized spacial score (nSPS) is 11.0. The summed E-state index contributed by atoms with van der Waals surface area (Å²) in [6.07, 6.45) is 0.918. The Balaban J connectivity index is 2.77. The van der Waals surface area contributed by atoms with E-state index in [1.54, 1.807) is 0 Å². The number of aromatic nitrogens is 2. The Morgan fingerprint density at radius 3 is 2.28 bits per heavy atom. The molecule has 0 fully saturated rings. The Kier molecular flexibility index (Phi) is 6.05. The number of hydrogen-bond donors (Lipinski definition) is 1. The molecule has 0 aliphatic carbocycles. The lowest BCUT2D eigenvalue weighted by Gasteiger charge is -2.18. The lowest BCUT2D eigenvalue weighted by atomic mass is 10.2. The third kappa shape index (κ3) is 3.95. The highest BCUT2D eigenvalue weighted by Gasteiger charge is 2.08. The zero-order chi connectivity index (χ0) is 13.5. The highest BCUT2D eigenvalue weighted by molar-refractivity contribution is 5.45. The molecule has 0 aliphatic heterocycles. The lowest BCUT2D eigenvalue weighted by molar-refractivity contribution is 0.305. The molecule has 0 bridgehead atoms. The van der Waals surface area contributed by atoms with E-state index in [1.165, 1.54) is 0 Å². The van der Waals surface area contributed by atoms with Gasteiger partial charge in [0.1, 0.15) is 11.6 Å². The standard InChI is InChI=1S/C14H26N4/c1-6-15-14-11(4)12(5)16-13(17-14)9-10-18(7-2)8-3/h6-10H2,1-5H3,(H,15,16,17). The minimum atomic E-state index is 0.896. The number of nitrogens with zero attached hydrogens (tertiary/aromatic N) is 3. The first kappa shape index (κ1) is 14.9. The van der Waals surface area contributed by atoms with E-state index in [9.17, 15) is 0 Å². The minimum Gasteiger partial charge on any atom is -0.370 e. The number of nitrogens with one attached hydrogen (secondary N) is 1. The molecule has 102 valence electrons. The van der Waals surface area contributed by atoms with E-state index in [0.717, 1.165) is 55.5 Å². The second-order valence-electron chi connectivity index (χ2n) is 4.51. The van der Waals surface area contributed by atoms with Crippen LogP contribution in [0.2, 0.25) is 0 Å². The largest absolute Gasteiger partial charge is 0.370 e. The molecule has 0 spiro atoms. The summed E-state index contributed by atoms with van der Waals surface area (Å²) in [7, 11) is 0. The Morgan fingerprint density at radius 2 is 1.72 bits per heavy atom. The number of hydrogen-bond acceptors (Lipinski definition) is 4. The molecule has 1 N–H and O–H groups in total. The van der Waals surface area contributed by atoms with Crippen molar-refractivity contribution in [1.29, 1.82) is 0 Å². The first-order chi connectivity index (χ1) is 8.62. The van der Waals surface area contributed by atoms with Gasteiger partial charge >= 0.3 is 0 Å². The summed E-state index contributed by atoms with van der Waals surface area (Å²) in [5, 5.41) is 3.31. The lowest BCUT2D eigenvalue weighted by Crippen LogP contribution is -2.26. The van der Waals surface area contributed by atoms with Crippen molar-refractivity contribution in [2.45, 2.75) is 41.0 Å². The van der Waals surface area contributed by atoms with Gasteiger partial charge in [0, 0.05) is 30.8 Å². The van der Waals surface area contributed by atoms with Crippen LogP contribution in [0.4, 0.5) is 5.82 Å². The molecule has 0 atom stereocenters. The van der Waals surface area contributed by atoms with Crippen LogP contribution in [0.1, 0.15) is 37.9 Å². The van der Waals surface area contributed by atoms with Crippen LogP contribution in [0.15, 0.2) is 0 Å². The van der Waals surface area contributed by atoms with Crippen LogP contribution in [0, 0.1) is 13.8 Å². The fourth-order valence-corrected chi connectivity index (χ4v) is 1.94. The third-order valence-electron chi connectivity index (χ3n) is 3.33.